The van der Waals surface area contributed by atoms with Gasteiger partial charge in [0.05, 0.1) is 24.9 Å². The predicted octanol–water partition coefficient (Wildman–Crippen LogP) is 0.602. The standard InChI is InChI=1S/C12H24N2O2/c1-9-3-4-12(16-9)11(7-13)14-5-6-15-10(2)8-14/h9-12H,3-8,13H2,1-2H3. The van der Waals surface area contributed by atoms with E-state index in [9.17, 15) is 0 Å². The van der Waals surface area contributed by atoms with Crippen LogP contribution in [0.1, 0.15) is 26.7 Å². The molecule has 4 heteroatoms. The van der Waals surface area contributed by atoms with Crippen molar-refractivity contribution in [1.82, 2.24) is 4.90 Å². The summed E-state index contributed by atoms with van der Waals surface area (Å²) in [5, 5.41) is 0. The van der Waals surface area contributed by atoms with Gasteiger partial charge in [-0.15, -0.1) is 0 Å². The van der Waals surface area contributed by atoms with Crippen molar-refractivity contribution in [3.8, 4) is 0 Å². The number of hydrogen-bond donors (Lipinski definition) is 1. The third-order valence-corrected chi connectivity index (χ3v) is 3.68. The zero-order valence-corrected chi connectivity index (χ0v) is 10.4. The van der Waals surface area contributed by atoms with E-state index in [0.717, 1.165) is 26.1 Å². The van der Waals surface area contributed by atoms with Crippen molar-refractivity contribution in [3.05, 3.63) is 0 Å². The van der Waals surface area contributed by atoms with Gasteiger partial charge >= 0.3 is 0 Å². The summed E-state index contributed by atoms with van der Waals surface area (Å²) < 4.78 is 11.5. The number of hydrogen-bond acceptors (Lipinski definition) is 4. The van der Waals surface area contributed by atoms with Crippen LogP contribution in [0.2, 0.25) is 0 Å². The van der Waals surface area contributed by atoms with Crippen LogP contribution in [-0.2, 0) is 9.47 Å². The molecule has 94 valence electrons. The number of morpholine rings is 1. The molecular formula is C12H24N2O2. The van der Waals surface area contributed by atoms with Crippen LogP contribution >= 0.6 is 0 Å². The maximum atomic E-state index is 5.94. The molecule has 0 saturated carbocycles. The molecule has 2 fully saturated rings. The van der Waals surface area contributed by atoms with Crippen molar-refractivity contribution in [1.29, 1.82) is 0 Å². The van der Waals surface area contributed by atoms with Gasteiger partial charge in [-0.2, -0.15) is 0 Å². The molecule has 4 unspecified atom stereocenters. The Morgan fingerprint density at radius 1 is 1.31 bits per heavy atom. The maximum absolute atomic E-state index is 5.94. The molecule has 0 radical (unpaired) electrons. The minimum absolute atomic E-state index is 0.321. The van der Waals surface area contributed by atoms with Crippen LogP contribution in [0.5, 0.6) is 0 Å². The predicted molar refractivity (Wildman–Crippen MR) is 63.4 cm³/mol. The van der Waals surface area contributed by atoms with Crippen LogP contribution in [0.3, 0.4) is 0 Å². The maximum Gasteiger partial charge on any atom is 0.0747 e. The number of nitrogens with zero attached hydrogens (tertiary/aromatic N) is 1. The fourth-order valence-electron chi connectivity index (χ4n) is 2.80. The van der Waals surface area contributed by atoms with E-state index in [2.05, 4.69) is 18.7 Å². The van der Waals surface area contributed by atoms with Gasteiger partial charge in [0, 0.05) is 25.7 Å². The van der Waals surface area contributed by atoms with E-state index in [1.165, 1.54) is 6.42 Å². The Hall–Kier alpha value is -0.160. The molecule has 2 rings (SSSR count). The lowest BCUT2D eigenvalue weighted by atomic mass is 10.0. The molecule has 2 saturated heterocycles. The first-order valence-corrected chi connectivity index (χ1v) is 6.42. The molecule has 0 aromatic carbocycles. The Labute approximate surface area is 98.1 Å². The van der Waals surface area contributed by atoms with E-state index >= 15 is 0 Å². The molecule has 0 aromatic heterocycles. The zero-order chi connectivity index (χ0) is 11.5. The summed E-state index contributed by atoms with van der Waals surface area (Å²) in [5.41, 5.74) is 5.91. The summed E-state index contributed by atoms with van der Waals surface area (Å²) >= 11 is 0. The first-order valence-electron chi connectivity index (χ1n) is 6.42. The van der Waals surface area contributed by atoms with Crippen LogP contribution in [-0.4, -0.2) is 55.5 Å². The summed E-state index contributed by atoms with van der Waals surface area (Å²) in [6, 6.07) is 0.372. The van der Waals surface area contributed by atoms with E-state index in [-0.39, 0.29) is 0 Å². The summed E-state index contributed by atoms with van der Waals surface area (Å²) in [6.45, 7) is 7.74. The van der Waals surface area contributed by atoms with E-state index in [1.807, 2.05) is 0 Å². The average molecular weight is 228 g/mol. The van der Waals surface area contributed by atoms with Crippen LogP contribution < -0.4 is 5.73 Å². The van der Waals surface area contributed by atoms with Crippen LogP contribution in [0.15, 0.2) is 0 Å². The molecular weight excluding hydrogens is 204 g/mol. The van der Waals surface area contributed by atoms with Crippen molar-refractivity contribution in [2.75, 3.05) is 26.2 Å². The van der Waals surface area contributed by atoms with Gasteiger partial charge in [-0.25, -0.2) is 0 Å². The Bertz CT molecular complexity index is 225. The molecule has 2 heterocycles. The van der Waals surface area contributed by atoms with Gasteiger partial charge in [0.2, 0.25) is 0 Å². The number of ether oxygens (including phenoxy) is 2. The van der Waals surface area contributed by atoms with Gasteiger partial charge in [-0.05, 0) is 26.7 Å². The quantitative estimate of drug-likeness (QED) is 0.768. The summed E-state index contributed by atoms with van der Waals surface area (Å²) in [6.07, 6.45) is 3.36. The Kier molecular flexibility index (Phi) is 4.19. The smallest absolute Gasteiger partial charge is 0.0747 e. The lowest BCUT2D eigenvalue weighted by Gasteiger charge is -2.39. The lowest BCUT2D eigenvalue weighted by Crippen LogP contribution is -2.54. The SMILES string of the molecule is CC1CN(C(CN)C2CCC(C)O2)CCO1. The molecule has 4 atom stereocenters. The Morgan fingerprint density at radius 2 is 2.12 bits per heavy atom. The molecule has 2 aliphatic rings. The largest absolute Gasteiger partial charge is 0.376 e. The highest BCUT2D eigenvalue weighted by Crippen LogP contribution is 2.25. The van der Waals surface area contributed by atoms with Crippen LogP contribution in [0.25, 0.3) is 0 Å². The van der Waals surface area contributed by atoms with E-state index in [0.29, 0.717) is 30.9 Å². The average Bonchev–Trinajstić information content (AvgIpc) is 2.66. The van der Waals surface area contributed by atoms with Crippen molar-refractivity contribution in [2.45, 2.75) is 51.0 Å². The molecule has 16 heavy (non-hydrogen) atoms. The van der Waals surface area contributed by atoms with Gasteiger partial charge in [0.15, 0.2) is 0 Å². The monoisotopic (exact) mass is 228 g/mol. The number of rotatable bonds is 3. The van der Waals surface area contributed by atoms with Crippen molar-refractivity contribution < 1.29 is 9.47 Å². The normalized spacial score (nSPS) is 38.8. The molecule has 0 spiro atoms. The minimum atomic E-state index is 0.321. The molecule has 4 nitrogen and oxygen atoms in total. The molecule has 0 aromatic rings. The summed E-state index contributed by atoms with van der Waals surface area (Å²) in [5.74, 6) is 0. The van der Waals surface area contributed by atoms with Crippen molar-refractivity contribution in [3.63, 3.8) is 0 Å². The van der Waals surface area contributed by atoms with Crippen molar-refractivity contribution >= 4 is 0 Å². The highest BCUT2D eigenvalue weighted by molar-refractivity contribution is 4.87. The fourth-order valence-corrected chi connectivity index (χ4v) is 2.80. The Morgan fingerprint density at radius 3 is 2.69 bits per heavy atom. The topological polar surface area (TPSA) is 47.7 Å². The number of nitrogens with two attached hydrogens (primary N) is 1. The van der Waals surface area contributed by atoms with Crippen LogP contribution in [0.4, 0.5) is 0 Å². The molecule has 0 amide bonds. The van der Waals surface area contributed by atoms with Crippen molar-refractivity contribution in [2.24, 2.45) is 5.73 Å². The molecule has 2 N–H and O–H groups in total. The fraction of sp³-hybridized carbons (Fsp3) is 1.00. The minimum Gasteiger partial charge on any atom is -0.376 e. The lowest BCUT2D eigenvalue weighted by molar-refractivity contribution is -0.0673. The van der Waals surface area contributed by atoms with Crippen LogP contribution in [0, 0.1) is 0 Å². The van der Waals surface area contributed by atoms with Gasteiger partial charge in [0.1, 0.15) is 0 Å². The summed E-state index contributed by atoms with van der Waals surface area (Å²) in [4.78, 5) is 2.44. The highest BCUT2D eigenvalue weighted by atomic mass is 16.5. The molecule has 0 aliphatic carbocycles. The first-order chi connectivity index (χ1) is 7.70. The van der Waals surface area contributed by atoms with E-state index < -0.39 is 0 Å². The highest BCUT2D eigenvalue weighted by Gasteiger charge is 2.34. The third-order valence-electron chi connectivity index (χ3n) is 3.68. The van der Waals surface area contributed by atoms with E-state index in [1.54, 1.807) is 0 Å². The van der Waals surface area contributed by atoms with Gasteiger partial charge < -0.3 is 15.2 Å². The van der Waals surface area contributed by atoms with Gasteiger partial charge in [0.25, 0.3) is 0 Å². The van der Waals surface area contributed by atoms with E-state index in [4.69, 9.17) is 15.2 Å². The van der Waals surface area contributed by atoms with Gasteiger partial charge in [-0.3, -0.25) is 4.90 Å². The first kappa shape index (κ1) is 12.3. The second kappa shape index (κ2) is 5.45. The summed E-state index contributed by atoms with van der Waals surface area (Å²) in [7, 11) is 0. The second-order valence-corrected chi connectivity index (χ2v) is 5.04. The second-order valence-electron chi connectivity index (χ2n) is 5.04. The zero-order valence-electron chi connectivity index (χ0n) is 10.4. The molecule has 0 bridgehead atoms. The Balaban J connectivity index is 1.93. The third kappa shape index (κ3) is 2.74. The van der Waals surface area contributed by atoms with Gasteiger partial charge in [-0.1, -0.05) is 0 Å². The molecule has 2 aliphatic heterocycles.